The minimum absolute atomic E-state index is 0.123. The first-order valence-corrected chi connectivity index (χ1v) is 17.5. The third-order valence-corrected chi connectivity index (χ3v) is 13.5. The largest absolute Gasteiger partial charge is 0.598 e. The van der Waals surface area contributed by atoms with Crippen LogP contribution in [0.25, 0.3) is 28.0 Å². The molecule has 1 aromatic carbocycles. The summed E-state index contributed by atoms with van der Waals surface area (Å²) in [6.07, 6.45) is 1.82. The highest BCUT2D eigenvalue weighted by molar-refractivity contribution is 7.90. The zero-order chi connectivity index (χ0) is 29.5. The predicted molar refractivity (Wildman–Crippen MR) is 165 cm³/mol. The smallest absolute Gasteiger partial charge is 0.197 e. The van der Waals surface area contributed by atoms with Crippen LogP contribution in [0.3, 0.4) is 0 Å². The van der Waals surface area contributed by atoms with Crippen molar-refractivity contribution in [2.24, 2.45) is 0 Å². The van der Waals surface area contributed by atoms with Crippen molar-refractivity contribution in [3.8, 4) is 17.1 Å². The summed E-state index contributed by atoms with van der Waals surface area (Å²) in [5.41, 5.74) is 2.10. The summed E-state index contributed by atoms with van der Waals surface area (Å²) >= 11 is -1.47. The lowest BCUT2D eigenvalue weighted by atomic mass is 10.1. The molecule has 0 saturated carbocycles. The van der Waals surface area contributed by atoms with Gasteiger partial charge in [-0.15, -0.1) is 4.72 Å². The molecule has 2 atom stereocenters. The van der Waals surface area contributed by atoms with Gasteiger partial charge in [-0.1, -0.05) is 45.0 Å². The van der Waals surface area contributed by atoms with Crippen LogP contribution in [-0.4, -0.2) is 42.5 Å². The summed E-state index contributed by atoms with van der Waals surface area (Å²) < 4.78 is 23.1. The highest BCUT2D eigenvalue weighted by Crippen LogP contribution is 2.37. The molecular formula is C30H41N5O3SSi. The number of benzene rings is 1. The lowest BCUT2D eigenvalue weighted by Gasteiger charge is -2.36. The van der Waals surface area contributed by atoms with E-state index in [9.17, 15) is 9.66 Å². The van der Waals surface area contributed by atoms with Crippen LogP contribution in [0.1, 0.15) is 59.9 Å². The number of rotatable bonds is 8. The van der Waals surface area contributed by atoms with E-state index in [1.807, 2.05) is 80.2 Å². The lowest BCUT2D eigenvalue weighted by Crippen LogP contribution is -2.50. The van der Waals surface area contributed by atoms with Crippen molar-refractivity contribution in [2.45, 2.75) is 83.7 Å². The van der Waals surface area contributed by atoms with Gasteiger partial charge in [0.15, 0.2) is 19.9 Å². The third-order valence-electron chi connectivity index (χ3n) is 7.36. The van der Waals surface area contributed by atoms with E-state index in [1.54, 1.807) is 13.0 Å². The van der Waals surface area contributed by atoms with Gasteiger partial charge < -0.3 is 14.1 Å². The molecule has 0 spiro atoms. The first-order valence-electron chi connectivity index (χ1n) is 13.5. The zero-order valence-electron chi connectivity index (χ0n) is 24.9. The van der Waals surface area contributed by atoms with Gasteiger partial charge in [-0.25, -0.2) is 14.6 Å². The maximum absolute atomic E-state index is 12.6. The van der Waals surface area contributed by atoms with Gasteiger partial charge in [0.2, 0.25) is 0 Å². The van der Waals surface area contributed by atoms with Crippen molar-refractivity contribution in [1.29, 1.82) is 0 Å². The second kappa shape index (κ2) is 11.0. The third kappa shape index (κ3) is 6.64. The normalized spacial score (nSPS) is 15.3. The van der Waals surface area contributed by atoms with Gasteiger partial charge in [0.25, 0.3) is 0 Å². The van der Waals surface area contributed by atoms with E-state index in [2.05, 4.69) is 43.7 Å². The Balaban J connectivity index is 1.63. The predicted octanol–water partition coefficient (Wildman–Crippen LogP) is 6.22. The Hall–Kier alpha value is -2.60. The van der Waals surface area contributed by atoms with Crippen LogP contribution in [0.2, 0.25) is 18.1 Å². The van der Waals surface area contributed by atoms with E-state index in [0.717, 1.165) is 22.2 Å². The molecule has 3 aromatic heterocycles. The van der Waals surface area contributed by atoms with Gasteiger partial charge in [-0.2, -0.15) is 5.10 Å². The molecule has 0 amide bonds. The number of aliphatic hydroxyl groups is 1. The fraction of sp³-hybridized carbons (Fsp3) is 0.433. The molecule has 0 aliphatic rings. The Morgan fingerprint density at radius 2 is 1.68 bits per heavy atom. The highest BCUT2D eigenvalue weighted by atomic mass is 32.2. The number of nitrogens with zero attached hydrogens (tertiary/aromatic N) is 4. The summed E-state index contributed by atoms with van der Waals surface area (Å²) in [4.78, 5) is 9.58. The molecule has 0 fully saturated rings. The molecule has 3 heterocycles. The van der Waals surface area contributed by atoms with Gasteiger partial charge in [-0.05, 0) is 76.2 Å². The van der Waals surface area contributed by atoms with Crippen molar-refractivity contribution in [2.75, 3.05) is 0 Å². The van der Waals surface area contributed by atoms with Gasteiger partial charge in [0.05, 0.1) is 35.4 Å². The van der Waals surface area contributed by atoms with E-state index in [1.165, 1.54) is 0 Å². The fourth-order valence-corrected chi connectivity index (χ4v) is 5.46. The number of fused-ring (bicyclic) bond motifs is 1. The molecular weight excluding hydrogens is 539 g/mol. The van der Waals surface area contributed by atoms with Crippen molar-refractivity contribution in [1.82, 2.24) is 24.5 Å². The summed E-state index contributed by atoms with van der Waals surface area (Å²) in [5.74, 6) is 0.710. The van der Waals surface area contributed by atoms with Crippen LogP contribution >= 0.6 is 0 Å². The molecule has 0 aliphatic carbocycles. The molecule has 0 bridgehead atoms. The first-order chi connectivity index (χ1) is 18.5. The topological polar surface area (TPSA) is 108 Å². The molecule has 1 unspecified atom stereocenters. The van der Waals surface area contributed by atoms with Crippen molar-refractivity contribution >= 4 is 30.6 Å². The molecule has 10 heteroatoms. The van der Waals surface area contributed by atoms with Gasteiger partial charge >= 0.3 is 0 Å². The molecule has 214 valence electrons. The minimum atomic E-state index is -1.91. The van der Waals surface area contributed by atoms with Crippen LogP contribution < -0.4 is 4.72 Å². The average molecular weight is 580 g/mol. The molecule has 4 aromatic rings. The average Bonchev–Trinajstić information content (AvgIpc) is 3.30. The molecule has 0 radical (unpaired) electrons. The second-order valence-electron chi connectivity index (χ2n) is 12.8. The Bertz CT molecular complexity index is 1490. The van der Waals surface area contributed by atoms with E-state index >= 15 is 0 Å². The summed E-state index contributed by atoms with van der Waals surface area (Å²) in [7, 11) is -1.91. The molecule has 4 rings (SSSR count). The number of hydrogen-bond donors (Lipinski definition) is 2. The van der Waals surface area contributed by atoms with Crippen LogP contribution in [-0.2, 0) is 28.1 Å². The molecule has 0 aliphatic heterocycles. The maximum Gasteiger partial charge on any atom is 0.197 e. The van der Waals surface area contributed by atoms with Crippen LogP contribution in [0.4, 0.5) is 0 Å². The maximum atomic E-state index is 12.6. The summed E-state index contributed by atoms with van der Waals surface area (Å²) in [6.45, 7) is 18.7. The van der Waals surface area contributed by atoms with Crippen LogP contribution in [0.5, 0.6) is 0 Å². The van der Waals surface area contributed by atoms with Crippen molar-refractivity contribution in [3.05, 3.63) is 72.2 Å². The van der Waals surface area contributed by atoms with Crippen LogP contribution in [0.15, 0.2) is 60.8 Å². The summed E-state index contributed by atoms with van der Waals surface area (Å²) in [6, 6.07) is 17.3. The van der Waals surface area contributed by atoms with Crippen LogP contribution in [0, 0.1) is 0 Å². The second-order valence-corrected chi connectivity index (χ2v) is 19.6. The van der Waals surface area contributed by atoms with E-state index in [-0.39, 0.29) is 5.04 Å². The Morgan fingerprint density at radius 3 is 2.35 bits per heavy atom. The SMILES string of the molecule is CC(O)(N[S@+]([O-])C(C)(C)C)c1cccc(-c2ccc3cnn(-c4cccc(CO[Si](C)(C)C(C)(C)C)n4)c3c2)n1. The minimum Gasteiger partial charge on any atom is -0.598 e. The van der Waals surface area contributed by atoms with Gasteiger partial charge in [-0.3, -0.25) is 0 Å². The van der Waals surface area contributed by atoms with E-state index in [0.29, 0.717) is 23.8 Å². The van der Waals surface area contributed by atoms with E-state index < -0.39 is 30.2 Å². The molecule has 8 nitrogen and oxygen atoms in total. The monoisotopic (exact) mass is 579 g/mol. The van der Waals surface area contributed by atoms with Crippen molar-refractivity contribution < 1.29 is 14.1 Å². The van der Waals surface area contributed by atoms with Gasteiger partial charge in [0, 0.05) is 22.3 Å². The molecule has 2 N–H and O–H groups in total. The summed E-state index contributed by atoms with van der Waals surface area (Å²) in [5, 5.41) is 16.8. The van der Waals surface area contributed by atoms with Crippen molar-refractivity contribution in [3.63, 3.8) is 0 Å². The standard InChI is InChI=1S/C30H41N5O3SSi/c1-28(2,3)39(37)34-30(7,36)26-14-11-13-24(33-26)21-16-17-22-19-31-35(25(22)18-21)27-15-10-12-23(32-27)20-38-40(8,9)29(4,5)6/h10-19,34,36H,20H2,1-9H3/t30?,39-/m1/s1. The molecule has 0 saturated heterocycles. The lowest BCUT2D eigenvalue weighted by molar-refractivity contribution is 0.0401. The number of nitrogens with one attached hydrogen (secondary N) is 1. The van der Waals surface area contributed by atoms with E-state index in [4.69, 9.17) is 14.4 Å². The Kier molecular flexibility index (Phi) is 8.35. The Labute approximate surface area is 241 Å². The molecule has 40 heavy (non-hydrogen) atoms. The number of pyridine rings is 2. The quantitative estimate of drug-likeness (QED) is 0.145. The fourth-order valence-electron chi connectivity index (χ4n) is 3.75. The zero-order valence-corrected chi connectivity index (χ0v) is 26.8. The first kappa shape index (κ1) is 30.4. The number of aromatic nitrogens is 4. The highest BCUT2D eigenvalue weighted by Gasteiger charge is 2.38. The number of hydrogen-bond acceptors (Lipinski definition) is 7. The van der Waals surface area contributed by atoms with Gasteiger partial charge in [0.1, 0.15) is 4.75 Å². The Morgan fingerprint density at radius 1 is 0.975 bits per heavy atom.